The van der Waals surface area contributed by atoms with Crippen molar-refractivity contribution >= 4 is 57.7 Å². The highest BCUT2D eigenvalue weighted by Gasteiger charge is 2.38. The van der Waals surface area contributed by atoms with Crippen molar-refractivity contribution in [2.45, 2.75) is 123 Å². The number of amides is 3. The minimum atomic E-state index is -1.16. The second kappa shape index (κ2) is 19.1. The average Bonchev–Trinajstić information content (AvgIpc) is 4.16. The van der Waals surface area contributed by atoms with Gasteiger partial charge in [0.15, 0.2) is 0 Å². The number of nitrogens with zero attached hydrogens (tertiary/aromatic N) is 9. The lowest BCUT2D eigenvalue weighted by Crippen LogP contribution is -2.52. The maximum Gasteiger partial charge on any atom is 0.335 e. The third-order valence-electron chi connectivity index (χ3n) is 13.6. The van der Waals surface area contributed by atoms with Crippen molar-refractivity contribution in [3.05, 3.63) is 82.5 Å². The van der Waals surface area contributed by atoms with Gasteiger partial charge in [0, 0.05) is 50.9 Å². The van der Waals surface area contributed by atoms with Gasteiger partial charge in [0.2, 0.25) is 11.9 Å². The molecule has 20 heteroatoms. The Bertz CT molecular complexity index is 2980. The summed E-state index contributed by atoms with van der Waals surface area (Å²) in [6.45, 7) is 10.2. The van der Waals surface area contributed by atoms with Crippen molar-refractivity contribution in [3.8, 4) is 11.5 Å². The molecule has 1 aliphatic carbocycles. The molecular formula is C49H58N12O8. The molecule has 3 fully saturated rings. The number of fused-ring (bicyclic) bond motifs is 2. The normalized spacial score (nSPS) is 20.4. The van der Waals surface area contributed by atoms with E-state index in [2.05, 4.69) is 31.0 Å². The number of aromatic carboxylic acids is 1. The average molecular weight is 943 g/mol. The number of ether oxygens (including phenoxy) is 3. The van der Waals surface area contributed by atoms with E-state index in [1.807, 2.05) is 44.4 Å². The lowest BCUT2D eigenvalue weighted by Gasteiger charge is -2.37. The lowest BCUT2D eigenvalue weighted by molar-refractivity contribution is -0.0639. The van der Waals surface area contributed by atoms with E-state index in [4.69, 9.17) is 24.2 Å². The number of allylic oxidation sites excluding steroid dienone is 2. The highest BCUT2D eigenvalue weighted by molar-refractivity contribution is 6.05. The van der Waals surface area contributed by atoms with Gasteiger partial charge in [-0.2, -0.15) is 10.2 Å². The first-order valence-electron chi connectivity index (χ1n) is 24.1. The van der Waals surface area contributed by atoms with Gasteiger partial charge < -0.3 is 33.8 Å². The van der Waals surface area contributed by atoms with Crippen LogP contribution in [0.25, 0.3) is 22.1 Å². The summed E-state index contributed by atoms with van der Waals surface area (Å²) in [4.78, 5) is 66.9. The zero-order chi connectivity index (χ0) is 47.9. The number of carboxylic acids is 1. The monoisotopic (exact) mass is 942 g/mol. The molecule has 3 aliphatic heterocycles. The molecule has 3 amide bonds. The number of carboxylic acid groups (broad SMARTS) is 1. The second-order valence-electron chi connectivity index (χ2n) is 18.4. The minimum absolute atomic E-state index is 0.0327. The highest BCUT2D eigenvalue weighted by atomic mass is 16.5. The lowest BCUT2D eigenvalue weighted by atomic mass is 9.95. The number of rotatable bonds is 10. The Kier molecular flexibility index (Phi) is 12.7. The Morgan fingerprint density at radius 2 is 1.17 bits per heavy atom. The van der Waals surface area contributed by atoms with Gasteiger partial charge in [0.05, 0.1) is 46.2 Å². The first-order chi connectivity index (χ1) is 33.4. The smallest absolute Gasteiger partial charge is 0.335 e. The van der Waals surface area contributed by atoms with Crippen LogP contribution in [0.3, 0.4) is 0 Å². The SMILES string of the molecule is CCn1nc(C)cc1C(=O)Nc1nc2cc(C(=O)O)cc3c2n1C/C=C/Cn1c(NC(=O)c2cc(C)nn2CC)nc2cc(C(=O)NC4CCCCC4)cc(c21)OCC(N1CC2CCC(C1)O2)CO3. The molecule has 2 aromatic carbocycles. The Hall–Kier alpha value is -7.06. The molecule has 3 unspecified atom stereocenters. The molecule has 3 atom stereocenters. The predicted octanol–water partition coefficient (Wildman–Crippen LogP) is 5.96. The van der Waals surface area contributed by atoms with E-state index < -0.39 is 17.8 Å². The van der Waals surface area contributed by atoms with E-state index >= 15 is 0 Å². The topological polar surface area (TPSA) is 227 Å². The number of anilines is 2. The number of aromatic nitrogens is 8. The summed E-state index contributed by atoms with van der Waals surface area (Å²) in [5, 5.41) is 28.5. The summed E-state index contributed by atoms with van der Waals surface area (Å²) >= 11 is 0. The molecule has 69 heavy (non-hydrogen) atoms. The minimum Gasteiger partial charge on any atom is -0.490 e. The van der Waals surface area contributed by atoms with Crippen LogP contribution >= 0.6 is 0 Å². The molecule has 4 aliphatic rings. The number of imidazole rings is 2. The molecule has 1 saturated carbocycles. The van der Waals surface area contributed by atoms with Crippen LogP contribution in [0.2, 0.25) is 0 Å². The van der Waals surface area contributed by atoms with E-state index in [1.165, 1.54) is 12.1 Å². The molecule has 2 saturated heterocycles. The summed E-state index contributed by atoms with van der Waals surface area (Å²) in [5.74, 6) is -1.17. The Balaban J connectivity index is 1.10. The maximum atomic E-state index is 14.1. The third-order valence-corrected chi connectivity index (χ3v) is 13.6. The Morgan fingerprint density at radius 1 is 0.667 bits per heavy atom. The summed E-state index contributed by atoms with van der Waals surface area (Å²) < 4.78 is 26.8. The fourth-order valence-corrected chi connectivity index (χ4v) is 10.2. The maximum absolute atomic E-state index is 14.1. The van der Waals surface area contributed by atoms with E-state index in [1.54, 1.807) is 38.2 Å². The van der Waals surface area contributed by atoms with Gasteiger partial charge in [0.25, 0.3) is 17.7 Å². The van der Waals surface area contributed by atoms with E-state index in [0.717, 1.165) is 44.9 Å². The zero-order valence-electron chi connectivity index (χ0n) is 39.4. The molecule has 362 valence electrons. The summed E-state index contributed by atoms with van der Waals surface area (Å²) in [6, 6.07) is 9.55. The summed E-state index contributed by atoms with van der Waals surface area (Å²) in [5.41, 5.74) is 4.24. The van der Waals surface area contributed by atoms with E-state index in [-0.39, 0.29) is 79.7 Å². The van der Waals surface area contributed by atoms with Gasteiger partial charge in [-0.05, 0) is 89.8 Å². The van der Waals surface area contributed by atoms with Crippen molar-refractivity contribution in [1.29, 1.82) is 0 Å². The largest absolute Gasteiger partial charge is 0.490 e. The van der Waals surface area contributed by atoms with Gasteiger partial charge in [-0.25, -0.2) is 14.8 Å². The highest BCUT2D eigenvalue weighted by Crippen LogP contribution is 2.36. The van der Waals surface area contributed by atoms with Gasteiger partial charge in [-0.3, -0.25) is 39.3 Å². The quantitative estimate of drug-likeness (QED) is 0.117. The first-order valence-corrected chi connectivity index (χ1v) is 24.1. The van der Waals surface area contributed by atoms with Gasteiger partial charge in [0.1, 0.15) is 47.1 Å². The van der Waals surface area contributed by atoms with Crippen LogP contribution < -0.4 is 25.4 Å². The van der Waals surface area contributed by atoms with Crippen LogP contribution in [0.1, 0.15) is 112 Å². The molecule has 6 aromatic rings. The van der Waals surface area contributed by atoms with Gasteiger partial charge >= 0.3 is 5.97 Å². The van der Waals surface area contributed by atoms with Crippen molar-refractivity contribution in [3.63, 3.8) is 0 Å². The Morgan fingerprint density at radius 3 is 1.68 bits per heavy atom. The number of likely N-dealkylation sites (tertiary alicyclic amines) is 1. The number of morpholine rings is 1. The van der Waals surface area contributed by atoms with Gasteiger partial charge in [-0.15, -0.1) is 0 Å². The molecule has 7 heterocycles. The molecule has 2 bridgehead atoms. The van der Waals surface area contributed by atoms with Crippen molar-refractivity contribution in [1.82, 2.24) is 48.9 Å². The van der Waals surface area contributed by atoms with Crippen LogP contribution in [0.5, 0.6) is 11.5 Å². The fraction of sp³-hybridized carbons (Fsp3) is 0.469. The molecule has 4 aromatic heterocycles. The van der Waals surface area contributed by atoms with E-state index in [0.29, 0.717) is 82.3 Å². The molecular weight excluding hydrogens is 885 g/mol. The first kappa shape index (κ1) is 45.7. The zero-order valence-corrected chi connectivity index (χ0v) is 39.4. The molecule has 0 spiro atoms. The number of aryl methyl sites for hydroxylation is 4. The predicted molar refractivity (Wildman–Crippen MR) is 255 cm³/mol. The second-order valence-corrected chi connectivity index (χ2v) is 18.4. The van der Waals surface area contributed by atoms with Crippen LogP contribution in [0, 0.1) is 13.8 Å². The van der Waals surface area contributed by atoms with Gasteiger partial charge in [-0.1, -0.05) is 31.4 Å². The Labute approximate surface area is 398 Å². The van der Waals surface area contributed by atoms with Crippen molar-refractivity contribution in [2.24, 2.45) is 0 Å². The molecule has 20 nitrogen and oxygen atoms in total. The number of carbonyl (C=O) groups excluding carboxylic acids is 3. The van der Waals surface area contributed by atoms with Crippen LogP contribution in [-0.2, 0) is 30.9 Å². The van der Waals surface area contributed by atoms with Crippen LogP contribution in [0.15, 0.2) is 48.6 Å². The summed E-state index contributed by atoms with van der Waals surface area (Å²) in [6.07, 6.45) is 10.8. The van der Waals surface area contributed by atoms with Crippen LogP contribution in [-0.4, -0.2) is 123 Å². The number of nitrogens with one attached hydrogen (secondary N) is 3. The number of hydrogen-bond donors (Lipinski definition) is 4. The molecule has 10 rings (SSSR count). The standard InChI is InChI=1S/C49H58N12O8/c1-5-60-38(18-28(3)55-60)45(63)53-48-51-36-20-30(44(62)50-32-12-8-7-9-13-32)22-40-42(36)58(48)16-10-11-17-59-43-37(52-49(59)54-46(64)39-19-29(4)56-61(39)6-2)21-31(47(65)66)23-41(43)68-27-33(26-67-40)57-24-34-14-15-35(25-57)69-34/h10-11,18-23,32-35H,5-9,12-17,24-27H2,1-4H3,(H,50,62)(H,65,66)(H,51,53,63)(H,52,54,64)/b11-10+. The van der Waals surface area contributed by atoms with E-state index in [9.17, 15) is 24.3 Å². The number of hydrogen-bond acceptors (Lipinski definition) is 12. The fourth-order valence-electron chi connectivity index (χ4n) is 10.2. The van der Waals surface area contributed by atoms with Crippen molar-refractivity contribution < 1.29 is 38.5 Å². The third kappa shape index (κ3) is 9.29. The summed E-state index contributed by atoms with van der Waals surface area (Å²) in [7, 11) is 0. The van der Waals surface area contributed by atoms with Crippen molar-refractivity contribution in [2.75, 3.05) is 36.9 Å². The van der Waals surface area contributed by atoms with Crippen LogP contribution in [0.4, 0.5) is 11.9 Å². The molecule has 4 N–H and O–H groups in total. The number of carbonyl (C=O) groups is 4. The number of benzene rings is 2. The molecule has 0 radical (unpaired) electrons.